The lowest BCUT2D eigenvalue weighted by molar-refractivity contribution is 0.172. The topological polar surface area (TPSA) is 49.4 Å². The van der Waals surface area contributed by atoms with E-state index in [0.29, 0.717) is 4.90 Å². The Labute approximate surface area is 115 Å². The smallest absolute Gasteiger partial charge is 0.240 e. The third-order valence-corrected chi connectivity index (χ3v) is 5.05. The molecule has 5 heteroatoms. The molecule has 1 aromatic carbocycles. The molecule has 1 fully saturated rings. The van der Waals surface area contributed by atoms with E-state index in [0.717, 1.165) is 19.5 Å². The molecule has 2 rings (SSSR count). The summed E-state index contributed by atoms with van der Waals surface area (Å²) in [4.78, 5) is 2.65. The molecule has 0 aliphatic carbocycles. The second kappa shape index (κ2) is 5.23. The molecule has 1 aromatic rings. The first-order valence-electron chi connectivity index (χ1n) is 6.61. The Hall–Kier alpha value is -0.910. The van der Waals surface area contributed by atoms with Crippen LogP contribution in [0.25, 0.3) is 0 Å². The number of benzene rings is 1. The first kappa shape index (κ1) is 14.5. The van der Waals surface area contributed by atoms with Crippen LogP contribution < -0.4 is 4.72 Å². The summed E-state index contributed by atoms with van der Waals surface area (Å²) in [5.41, 5.74) is 0.0902. The Bertz CT molecular complexity index is 520. The van der Waals surface area contributed by atoms with Crippen molar-refractivity contribution in [1.82, 2.24) is 9.62 Å². The van der Waals surface area contributed by atoms with Gasteiger partial charge in [-0.1, -0.05) is 18.2 Å². The summed E-state index contributed by atoms with van der Waals surface area (Å²) in [6.45, 7) is 8.17. The highest BCUT2D eigenvalue weighted by Crippen LogP contribution is 2.21. The average molecular weight is 282 g/mol. The number of rotatable bonds is 3. The molecule has 1 aliphatic heterocycles. The molecular formula is C14H22N2O2S. The number of sulfonamides is 1. The van der Waals surface area contributed by atoms with Crippen LogP contribution >= 0.6 is 0 Å². The normalized spacial score (nSPS) is 21.7. The number of nitrogens with one attached hydrogen (secondary N) is 1. The van der Waals surface area contributed by atoms with Crippen molar-refractivity contribution in [1.29, 1.82) is 0 Å². The quantitative estimate of drug-likeness (QED) is 0.920. The van der Waals surface area contributed by atoms with Gasteiger partial charge in [-0.2, -0.15) is 0 Å². The van der Waals surface area contributed by atoms with Crippen LogP contribution in [0.3, 0.4) is 0 Å². The van der Waals surface area contributed by atoms with Gasteiger partial charge >= 0.3 is 0 Å². The van der Waals surface area contributed by atoms with Crippen molar-refractivity contribution < 1.29 is 8.42 Å². The molecule has 0 unspecified atom stereocenters. The molecule has 19 heavy (non-hydrogen) atoms. The van der Waals surface area contributed by atoms with E-state index < -0.39 is 10.0 Å². The molecule has 0 saturated carbocycles. The molecule has 1 heterocycles. The minimum atomic E-state index is -3.39. The molecule has 1 saturated heterocycles. The molecule has 0 radical (unpaired) electrons. The Morgan fingerprint density at radius 1 is 1.21 bits per heavy atom. The Kier molecular flexibility index (Phi) is 3.99. The molecule has 1 atom stereocenters. The first-order valence-corrected chi connectivity index (χ1v) is 8.10. The van der Waals surface area contributed by atoms with Crippen molar-refractivity contribution in [3.8, 4) is 0 Å². The van der Waals surface area contributed by atoms with Gasteiger partial charge in [0, 0.05) is 24.7 Å². The van der Waals surface area contributed by atoms with E-state index in [1.54, 1.807) is 24.3 Å². The van der Waals surface area contributed by atoms with Crippen molar-refractivity contribution >= 4 is 10.0 Å². The van der Waals surface area contributed by atoms with Gasteiger partial charge in [-0.05, 0) is 39.3 Å². The van der Waals surface area contributed by atoms with Crippen LogP contribution in [-0.2, 0) is 10.0 Å². The maximum absolute atomic E-state index is 12.2. The number of nitrogens with zero attached hydrogens (tertiary/aromatic N) is 1. The predicted molar refractivity (Wildman–Crippen MR) is 76.5 cm³/mol. The molecule has 1 aliphatic rings. The van der Waals surface area contributed by atoms with E-state index in [1.165, 1.54) is 0 Å². The third-order valence-electron chi connectivity index (χ3n) is 3.51. The van der Waals surface area contributed by atoms with Crippen molar-refractivity contribution in [2.24, 2.45) is 0 Å². The molecule has 0 aromatic heterocycles. The van der Waals surface area contributed by atoms with Gasteiger partial charge in [0.2, 0.25) is 10.0 Å². The zero-order valence-electron chi connectivity index (χ0n) is 11.8. The third kappa shape index (κ3) is 3.55. The number of hydrogen-bond donors (Lipinski definition) is 1. The predicted octanol–water partition coefficient (Wildman–Crippen LogP) is 1.84. The van der Waals surface area contributed by atoms with E-state index in [1.807, 2.05) is 6.07 Å². The Morgan fingerprint density at radius 2 is 1.84 bits per heavy atom. The minimum Gasteiger partial charge on any atom is -0.297 e. The average Bonchev–Trinajstić information content (AvgIpc) is 2.78. The lowest BCUT2D eigenvalue weighted by Gasteiger charge is -2.31. The van der Waals surface area contributed by atoms with E-state index in [2.05, 4.69) is 30.4 Å². The van der Waals surface area contributed by atoms with Gasteiger partial charge in [0.25, 0.3) is 0 Å². The van der Waals surface area contributed by atoms with Crippen LogP contribution in [0.5, 0.6) is 0 Å². The molecular weight excluding hydrogens is 260 g/mol. The van der Waals surface area contributed by atoms with Gasteiger partial charge < -0.3 is 0 Å². The summed E-state index contributed by atoms with van der Waals surface area (Å²) in [6, 6.07) is 8.55. The summed E-state index contributed by atoms with van der Waals surface area (Å²) in [6.07, 6.45) is 0.864. The van der Waals surface area contributed by atoms with E-state index in [-0.39, 0.29) is 11.6 Å². The fourth-order valence-corrected chi connectivity index (χ4v) is 3.64. The lowest BCUT2D eigenvalue weighted by atomic mass is 10.1. The molecule has 1 N–H and O–H groups in total. The largest absolute Gasteiger partial charge is 0.297 e. The Morgan fingerprint density at radius 3 is 2.37 bits per heavy atom. The summed E-state index contributed by atoms with van der Waals surface area (Å²) >= 11 is 0. The van der Waals surface area contributed by atoms with Crippen molar-refractivity contribution in [2.75, 3.05) is 13.1 Å². The summed E-state index contributed by atoms with van der Waals surface area (Å²) in [7, 11) is -3.39. The summed E-state index contributed by atoms with van der Waals surface area (Å²) in [5.74, 6) is 0. The van der Waals surface area contributed by atoms with Gasteiger partial charge in [0.05, 0.1) is 4.90 Å². The first-order chi connectivity index (χ1) is 8.79. The molecule has 106 valence electrons. The zero-order valence-corrected chi connectivity index (χ0v) is 12.6. The van der Waals surface area contributed by atoms with Gasteiger partial charge in [-0.15, -0.1) is 0 Å². The summed E-state index contributed by atoms with van der Waals surface area (Å²) < 4.78 is 27.2. The fourth-order valence-electron chi connectivity index (χ4n) is 2.35. The lowest BCUT2D eigenvalue weighted by Crippen LogP contribution is -2.43. The standard InChI is InChI=1S/C14H22N2O2S/c1-14(2,3)16-10-9-12(11-16)15-19(17,18)13-7-5-4-6-8-13/h4-8,12,15H,9-11H2,1-3H3/t12-/m1/s1. The van der Waals surface area contributed by atoms with E-state index >= 15 is 0 Å². The maximum atomic E-state index is 12.2. The van der Waals surface area contributed by atoms with Gasteiger partial charge in [-0.25, -0.2) is 13.1 Å². The highest BCUT2D eigenvalue weighted by atomic mass is 32.2. The maximum Gasteiger partial charge on any atom is 0.240 e. The Balaban J connectivity index is 2.04. The van der Waals surface area contributed by atoms with Crippen molar-refractivity contribution in [2.45, 2.75) is 43.7 Å². The van der Waals surface area contributed by atoms with E-state index in [9.17, 15) is 8.42 Å². The highest BCUT2D eigenvalue weighted by Gasteiger charge is 2.32. The highest BCUT2D eigenvalue weighted by molar-refractivity contribution is 7.89. The molecule has 4 nitrogen and oxygen atoms in total. The molecule has 0 spiro atoms. The summed E-state index contributed by atoms with van der Waals surface area (Å²) in [5, 5.41) is 0. The number of likely N-dealkylation sites (tertiary alicyclic amines) is 1. The van der Waals surface area contributed by atoms with Crippen molar-refractivity contribution in [3.05, 3.63) is 30.3 Å². The van der Waals surface area contributed by atoms with Gasteiger partial charge in [0.15, 0.2) is 0 Å². The fraction of sp³-hybridized carbons (Fsp3) is 0.571. The van der Waals surface area contributed by atoms with Crippen LogP contribution in [0.1, 0.15) is 27.2 Å². The second-order valence-electron chi connectivity index (χ2n) is 6.04. The van der Waals surface area contributed by atoms with Gasteiger partial charge in [0.1, 0.15) is 0 Å². The van der Waals surface area contributed by atoms with Gasteiger partial charge in [-0.3, -0.25) is 4.90 Å². The van der Waals surface area contributed by atoms with Crippen LogP contribution in [0.2, 0.25) is 0 Å². The molecule has 0 bridgehead atoms. The minimum absolute atomic E-state index is 0.00410. The second-order valence-corrected chi connectivity index (χ2v) is 7.75. The van der Waals surface area contributed by atoms with Crippen LogP contribution in [0, 0.1) is 0 Å². The van der Waals surface area contributed by atoms with Crippen molar-refractivity contribution in [3.63, 3.8) is 0 Å². The SMILES string of the molecule is CC(C)(C)N1CC[C@@H](NS(=O)(=O)c2ccccc2)C1. The van der Waals surface area contributed by atoms with Crippen LogP contribution in [0.15, 0.2) is 35.2 Å². The number of hydrogen-bond acceptors (Lipinski definition) is 3. The molecule has 0 amide bonds. The van der Waals surface area contributed by atoms with Crippen LogP contribution in [-0.4, -0.2) is 38.0 Å². The monoisotopic (exact) mass is 282 g/mol. The zero-order chi connectivity index (χ0) is 14.1. The van der Waals surface area contributed by atoms with Crippen LogP contribution in [0.4, 0.5) is 0 Å². The van der Waals surface area contributed by atoms with E-state index in [4.69, 9.17) is 0 Å².